The number of aliphatic hydroxyl groups excluding tert-OH is 1. The van der Waals surface area contributed by atoms with Crippen LogP contribution in [0.25, 0.3) is 22.8 Å². The fourth-order valence-corrected chi connectivity index (χ4v) is 3.51. The van der Waals surface area contributed by atoms with E-state index in [0.717, 1.165) is 5.56 Å². The van der Waals surface area contributed by atoms with Crippen molar-refractivity contribution in [2.24, 2.45) is 0 Å². The van der Waals surface area contributed by atoms with Crippen LogP contribution in [0.1, 0.15) is 61.4 Å². The molecule has 0 spiro atoms. The zero-order chi connectivity index (χ0) is 26.5. The van der Waals surface area contributed by atoms with Gasteiger partial charge in [-0.1, -0.05) is 37.2 Å². The molecule has 0 fully saturated rings. The number of amides is 1. The van der Waals surface area contributed by atoms with Gasteiger partial charge in [-0.25, -0.2) is 4.39 Å². The highest BCUT2D eigenvalue weighted by atomic mass is 19.1. The Hall–Kier alpha value is -4.12. The maximum atomic E-state index is 14.7. The summed E-state index contributed by atoms with van der Waals surface area (Å²) in [5.41, 5.74) is 1.04. The van der Waals surface area contributed by atoms with Gasteiger partial charge >= 0.3 is 0 Å². The lowest BCUT2D eigenvalue weighted by Crippen LogP contribution is -2.30. The van der Waals surface area contributed by atoms with E-state index < -0.39 is 17.8 Å². The van der Waals surface area contributed by atoms with E-state index in [1.807, 2.05) is 32.9 Å². The summed E-state index contributed by atoms with van der Waals surface area (Å²) >= 11 is 0. The number of hydrogen-bond donors (Lipinski definition) is 1. The number of carbonyl (C=O) groups is 1. The highest BCUT2D eigenvalue weighted by Gasteiger charge is 2.22. The first kappa shape index (κ1) is 26.0. The van der Waals surface area contributed by atoms with Gasteiger partial charge in [0, 0.05) is 30.6 Å². The van der Waals surface area contributed by atoms with Crippen molar-refractivity contribution in [2.75, 3.05) is 20.2 Å². The average Bonchev–Trinajstić information content (AvgIpc) is 3.58. The number of likely N-dealkylation sites (N-methyl/N-ethyl adjacent to an activating group) is 1. The van der Waals surface area contributed by atoms with Crippen molar-refractivity contribution in [1.82, 2.24) is 25.2 Å². The molecule has 11 heteroatoms. The monoisotopic (exact) mass is 509 g/mol. The van der Waals surface area contributed by atoms with Gasteiger partial charge in [0.15, 0.2) is 6.10 Å². The maximum Gasteiger partial charge on any atom is 0.268 e. The molecule has 0 aliphatic carbocycles. The number of aliphatic hydroxyl groups is 1. The molecule has 0 bridgehead atoms. The smallest absolute Gasteiger partial charge is 0.268 e. The number of halogens is 1. The predicted molar refractivity (Wildman–Crippen MR) is 131 cm³/mol. The van der Waals surface area contributed by atoms with Crippen LogP contribution in [0, 0.1) is 5.82 Å². The number of rotatable bonds is 10. The first-order chi connectivity index (χ1) is 17.8. The summed E-state index contributed by atoms with van der Waals surface area (Å²) in [6, 6.07) is 11.3. The minimum atomic E-state index is -0.718. The summed E-state index contributed by atoms with van der Waals surface area (Å²) < 4.78 is 31.4. The van der Waals surface area contributed by atoms with E-state index in [9.17, 15) is 9.18 Å². The Labute approximate surface area is 213 Å². The topological polar surface area (TPSA) is 128 Å². The molecule has 1 amide bonds. The quantitative estimate of drug-likeness (QED) is 0.325. The van der Waals surface area contributed by atoms with Crippen LogP contribution in [0.3, 0.4) is 0 Å². The third kappa shape index (κ3) is 5.83. The van der Waals surface area contributed by atoms with Crippen molar-refractivity contribution in [3.05, 3.63) is 65.6 Å². The van der Waals surface area contributed by atoms with Crippen LogP contribution >= 0.6 is 0 Å². The number of ether oxygens (including phenoxy) is 1. The summed E-state index contributed by atoms with van der Waals surface area (Å²) in [7, 11) is 1.49. The second-order valence-electron chi connectivity index (χ2n) is 8.75. The fraction of sp³-hybridized carbons (Fsp3) is 0.346. The van der Waals surface area contributed by atoms with Crippen molar-refractivity contribution in [3.8, 4) is 28.5 Å². The largest absolute Gasteiger partial charge is 0.481 e. The molecule has 4 aromatic rings. The third-order valence-corrected chi connectivity index (χ3v) is 5.65. The lowest BCUT2D eigenvalue weighted by molar-refractivity contribution is 0.0762. The Morgan fingerprint density at radius 2 is 1.65 bits per heavy atom. The first-order valence-corrected chi connectivity index (χ1v) is 11.9. The predicted octanol–water partition coefficient (Wildman–Crippen LogP) is 4.64. The van der Waals surface area contributed by atoms with Crippen molar-refractivity contribution in [2.45, 2.75) is 39.2 Å². The molecule has 4 rings (SSSR count). The normalized spacial score (nSPS) is 12.1. The van der Waals surface area contributed by atoms with Gasteiger partial charge in [-0.15, -0.1) is 0 Å². The number of hydrogen-bond acceptors (Lipinski definition) is 9. The number of carbonyl (C=O) groups excluding carboxylic acids is 1. The van der Waals surface area contributed by atoms with Gasteiger partial charge in [0.05, 0.1) is 12.2 Å². The molecule has 2 aromatic carbocycles. The molecular formula is C26H28FN5O5. The molecule has 2 aromatic heterocycles. The molecule has 2 heterocycles. The molecule has 0 radical (unpaired) electrons. The van der Waals surface area contributed by atoms with E-state index in [0.29, 0.717) is 29.4 Å². The van der Waals surface area contributed by atoms with E-state index in [-0.39, 0.29) is 36.3 Å². The average molecular weight is 510 g/mol. The van der Waals surface area contributed by atoms with Crippen LogP contribution in [0.4, 0.5) is 4.39 Å². The Morgan fingerprint density at radius 1 is 1.03 bits per heavy atom. The van der Waals surface area contributed by atoms with E-state index in [1.165, 1.54) is 24.1 Å². The molecule has 0 saturated heterocycles. The van der Waals surface area contributed by atoms with Gasteiger partial charge < -0.3 is 23.8 Å². The minimum Gasteiger partial charge on any atom is -0.481 e. The minimum absolute atomic E-state index is 0.103. The van der Waals surface area contributed by atoms with E-state index in [2.05, 4.69) is 20.3 Å². The molecule has 0 aliphatic rings. The molecule has 1 N–H and O–H groups in total. The van der Waals surface area contributed by atoms with Crippen molar-refractivity contribution in [3.63, 3.8) is 0 Å². The highest BCUT2D eigenvalue weighted by molar-refractivity contribution is 5.94. The Bertz CT molecular complexity index is 1350. The second kappa shape index (κ2) is 11.3. The maximum absolute atomic E-state index is 14.7. The van der Waals surface area contributed by atoms with Crippen LogP contribution in [-0.2, 0) is 0 Å². The number of aromatic nitrogens is 4. The lowest BCUT2D eigenvalue weighted by Gasteiger charge is -2.16. The van der Waals surface area contributed by atoms with Crippen LogP contribution in [0.5, 0.6) is 5.75 Å². The fourth-order valence-electron chi connectivity index (χ4n) is 3.51. The van der Waals surface area contributed by atoms with Crippen molar-refractivity contribution < 1.29 is 28.1 Å². The van der Waals surface area contributed by atoms with Gasteiger partial charge in [0.1, 0.15) is 11.6 Å². The molecule has 37 heavy (non-hydrogen) atoms. The van der Waals surface area contributed by atoms with Crippen LogP contribution in [-0.4, -0.2) is 56.4 Å². The lowest BCUT2D eigenvalue weighted by atomic mass is 10.1. The van der Waals surface area contributed by atoms with E-state index >= 15 is 0 Å². The molecule has 0 saturated carbocycles. The molecule has 10 nitrogen and oxygen atoms in total. The van der Waals surface area contributed by atoms with E-state index in [4.69, 9.17) is 18.9 Å². The number of nitrogens with zero attached hydrogens (tertiary/aromatic N) is 5. The molecule has 0 aliphatic heterocycles. The van der Waals surface area contributed by atoms with Gasteiger partial charge in [-0.3, -0.25) is 4.79 Å². The summed E-state index contributed by atoms with van der Waals surface area (Å²) in [6.07, 6.45) is 0.0213. The summed E-state index contributed by atoms with van der Waals surface area (Å²) in [6.45, 7) is 5.77. The van der Waals surface area contributed by atoms with Gasteiger partial charge in [-0.05, 0) is 42.8 Å². The Morgan fingerprint density at radius 3 is 2.24 bits per heavy atom. The third-order valence-electron chi connectivity index (χ3n) is 5.65. The molecule has 194 valence electrons. The van der Waals surface area contributed by atoms with Crippen LogP contribution in [0.2, 0.25) is 0 Å². The Balaban J connectivity index is 1.46. The van der Waals surface area contributed by atoms with Crippen LogP contribution < -0.4 is 4.74 Å². The molecule has 1 unspecified atom stereocenters. The molecular weight excluding hydrogens is 481 g/mol. The van der Waals surface area contributed by atoms with Crippen molar-refractivity contribution >= 4 is 5.91 Å². The zero-order valence-electron chi connectivity index (χ0n) is 21.0. The van der Waals surface area contributed by atoms with Gasteiger partial charge in [0.2, 0.25) is 17.5 Å². The summed E-state index contributed by atoms with van der Waals surface area (Å²) in [4.78, 5) is 22.4. The Kier molecular flexibility index (Phi) is 7.92. The van der Waals surface area contributed by atoms with E-state index in [1.54, 1.807) is 18.2 Å². The highest BCUT2D eigenvalue weighted by Crippen LogP contribution is 2.28. The number of benzene rings is 2. The molecule has 1 atom stereocenters. The second-order valence-corrected chi connectivity index (χ2v) is 8.75. The van der Waals surface area contributed by atoms with Crippen molar-refractivity contribution in [1.29, 1.82) is 0 Å². The van der Waals surface area contributed by atoms with Gasteiger partial charge in [0.25, 0.3) is 11.8 Å². The zero-order valence-corrected chi connectivity index (χ0v) is 21.0. The van der Waals surface area contributed by atoms with Gasteiger partial charge in [-0.2, -0.15) is 9.97 Å². The summed E-state index contributed by atoms with van der Waals surface area (Å²) in [5.74, 6) is 0.971. The summed E-state index contributed by atoms with van der Waals surface area (Å²) in [5, 5.41) is 17.0. The first-order valence-electron chi connectivity index (χ1n) is 11.9. The van der Waals surface area contributed by atoms with Crippen LogP contribution in [0.15, 0.2) is 51.5 Å². The SMILES string of the molecule is CCC(Oc1ccc(-c2noc(C(C)C)n2)cc1)c1nc(-c2ccc(C(=O)N(C)CCO)c(F)c2)no1. The standard InChI is InChI=1S/C26H28FN5O5/c1-5-21(35-18-9-6-16(7-10-18)22-28-24(15(2)3)36-30-22)25-29-23(31-37-25)17-8-11-19(20(27)14-17)26(34)32(4)12-13-33/h6-11,14-15,21,33H,5,12-13H2,1-4H3.